The molecule has 0 saturated heterocycles. The van der Waals surface area contributed by atoms with Crippen LogP contribution < -0.4 is 0 Å². The van der Waals surface area contributed by atoms with Gasteiger partial charge in [-0.15, -0.1) is 0 Å². The molecule has 3 nitrogen and oxygen atoms in total. The number of aldehydes is 1. The summed E-state index contributed by atoms with van der Waals surface area (Å²) in [5.41, 5.74) is -1.49. The average molecular weight is 248 g/mol. The summed E-state index contributed by atoms with van der Waals surface area (Å²) in [6, 6.07) is 1.46. The maximum absolute atomic E-state index is 12.7. The molecule has 0 aliphatic carbocycles. The molecule has 6 heteroatoms. The molecule has 1 aromatic carbocycles. The number of phenols is 2. The fourth-order valence-electron chi connectivity index (χ4n) is 1.60. The van der Waals surface area contributed by atoms with Crippen LogP contribution >= 0.6 is 0 Å². The molecule has 0 spiro atoms. The van der Waals surface area contributed by atoms with E-state index in [0.717, 1.165) is 6.07 Å². The van der Waals surface area contributed by atoms with Gasteiger partial charge in [0.25, 0.3) is 0 Å². The zero-order chi connectivity index (χ0) is 13.2. The monoisotopic (exact) mass is 248 g/mol. The van der Waals surface area contributed by atoms with Crippen molar-refractivity contribution in [3.63, 3.8) is 0 Å². The number of carbonyl (C=O) groups is 1. The Morgan fingerprint density at radius 2 is 1.94 bits per heavy atom. The van der Waals surface area contributed by atoms with E-state index in [9.17, 15) is 28.2 Å². The Morgan fingerprint density at radius 3 is 2.41 bits per heavy atom. The standard InChI is InChI=1S/C11H11F3O3/c1-6(4-5-15)9-7(11(12,13)14)2-3-8(16)10(9)17/h2-3,5-6,16-17H,4H2,1H3. The third-order valence-electron chi connectivity index (χ3n) is 2.44. The molecule has 1 rings (SSSR count). The first-order valence-corrected chi connectivity index (χ1v) is 4.84. The molecular formula is C11H11F3O3. The molecule has 0 fully saturated rings. The number of carbonyl (C=O) groups excluding carboxylic acids is 1. The fraction of sp³-hybridized carbons (Fsp3) is 0.364. The Hall–Kier alpha value is -1.72. The van der Waals surface area contributed by atoms with E-state index in [0.29, 0.717) is 12.4 Å². The number of alkyl halides is 3. The van der Waals surface area contributed by atoms with Gasteiger partial charge < -0.3 is 15.0 Å². The predicted octanol–water partition coefficient (Wildman–Crippen LogP) is 2.81. The summed E-state index contributed by atoms with van der Waals surface area (Å²) >= 11 is 0. The molecule has 0 amide bonds. The molecular weight excluding hydrogens is 237 g/mol. The van der Waals surface area contributed by atoms with Crippen LogP contribution in [0, 0.1) is 0 Å². The lowest BCUT2D eigenvalue weighted by Gasteiger charge is -2.18. The first kappa shape index (κ1) is 13.3. The zero-order valence-corrected chi connectivity index (χ0v) is 8.95. The number of aromatic hydroxyl groups is 2. The van der Waals surface area contributed by atoms with Gasteiger partial charge in [0.15, 0.2) is 11.5 Å². The van der Waals surface area contributed by atoms with Crippen LogP contribution in [0.25, 0.3) is 0 Å². The summed E-state index contributed by atoms with van der Waals surface area (Å²) in [6.07, 6.45) is -4.34. The number of phenolic OH excluding ortho intramolecular Hbond substituents is 2. The summed E-state index contributed by atoms with van der Waals surface area (Å²) in [5.74, 6) is -2.28. The number of hydrogen-bond donors (Lipinski definition) is 2. The molecule has 94 valence electrons. The molecule has 0 radical (unpaired) electrons. The molecule has 2 N–H and O–H groups in total. The van der Waals surface area contributed by atoms with Crippen LogP contribution in [0.5, 0.6) is 11.5 Å². The highest BCUT2D eigenvalue weighted by molar-refractivity contribution is 5.56. The van der Waals surface area contributed by atoms with Crippen molar-refractivity contribution in [2.45, 2.75) is 25.4 Å². The van der Waals surface area contributed by atoms with Crippen LogP contribution in [0.3, 0.4) is 0 Å². The van der Waals surface area contributed by atoms with E-state index in [4.69, 9.17) is 0 Å². The van der Waals surface area contributed by atoms with Crippen molar-refractivity contribution in [1.29, 1.82) is 0 Å². The normalized spacial score (nSPS) is 13.4. The highest BCUT2D eigenvalue weighted by Gasteiger charge is 2.36. The summed E-state index contributed by atoms with van der Waals surface area (Å²) < 4.78 is 38.0. The number of rotatable bonds is 3. The Bertz CT molecular complexity index is 427. The molecule has 0 aromatic heterocycles. The molecule has 0 saturated carbocycles. The van der Waals surface area contributed by atoms with E-state index in [1.54, 1.807) is 0 Å². The summed E-state index contributed by atoms with van der Waals surface area (Å²) in [5, 5.41) is 18.7. The van der Waals surface area contributed by atoms with Crippen LogP contribution in [-0.4, -0.2) is 16.5 Å². The number of benzene rings is 1. The Balaban J connectivity index is 3.41. The van der Waals surface area contributed by atoms with Gasteiger partial charge in [-0.3, -0.25) is 0 Å². The van der Waals surface area contributed by atoms with Gasteiger partial charge in [0.05, 0.1) is 5.56 Å². The zero-order valence-electron chi connectivity index (χ0n) is 8.95. The largest absolute Gasteiger partial charge is 0.504 e. The Kier molecular flexibility index (Phi) is 3.65. The third-order valence-corrected chi connectivity index (χ3v) is 2.44. The van der Waals surface area contributed by atoms with Crippen LogP contribution in [0.4, 0.5) is 13.2 Å². The number of hydrogen-bond acceptors (Lipinski definition) is 3. The van der Waals surface area contributed by atoms with Crippen molar-refractivity contribution in [1.82, 2.24) is 0 Å². The lowest BCUT2D eigenvalue weighted by molar-refractivity contribution is -0.138. The third kappa shape index (κ3) is 2.69. The van der Waals surface area contributed by atoms with Crippen molar-refractivity contribution in [3.8, 4) is 11.5 Å². The molecule has 1 unspecified atom stereocenters. The van der Waals surface area contributed by atoms with Crippen LogP contribution in [0.2, 0.25) is 0 Å². The number of halogens is 3. The van der Waals surface area contributed by atoms with Crippen LogP contribution in [-0.2, 0) is 11.0 Å². The van der Waals surface area contributed by atoms with Gasteiger partial charge in [0.2, 0.25) is 0 Å². The second-order valence-corrected chi connectivity index (χ2v) is 3.70. The van der Waals surface area contributed by atoms with E-state index in [-0.39, 0.29) is 6.42 Å². The van der Waals surface area contributed by atoms with E-state index >= 15 is 0 Å². The predicted molar refractivity (Wildman–Crippen MR) is 53.9 cm³/mol. The molecule has 1 aromatic rings. The Morgan fingerprint density at radius 1 is 1.35 bits per heavy atom. The molecule has 0 aliphatic heterocycles. The SMILES string of the molecule is CC(CC=O)c1c(C(F)(F)F)ccc(O)c1O. The van der Waals surface area contributed by atoms with Crippen molar-refractivity contribution < 1.29 is 28.2 Å². The van der Waals surface area contributed by atoms with Crippen molar-refractivity contribution >= 4 is 6.29 Å². The first-order valence-electron chi connectivity index (χ1n) is 4.84. The average Bonchev–Trinajstić information content (AvgIpc) is 2.20. The highest BCUT2D eigenvalue weighted by Crippen LogP contribution is 2.43. The Labute approximate surface area is 95.5 Å². The lowest BCUT2D eigenvalue weighted by Crippen LogP contribution is -2.11. The van der Waals surface area contributed by atoms with Crippen molar-refractivity contribution in [2.75, 3.05) is 0 Å². The fourth-order valence-corrected chi connectivity index (χ4v) is 1.60. The molecule has 1 atom stereocenters. The maximum Gasteiger partial charge on any atom is 0.416 e. The first-order chi connectivity index (χ1) is 7.79. The van der Waals surface area contributed by atoms with E-state index in [1.165, 1.54) is 6.92 Å². The minimum absolute atomic E-state index is 0.167. The molecule has 17 heavy (non-hydrogen) atoms. The van der Waals surface area contributed by atoms with E-state index in [1.807, 2.05) is 0 Å². The van der Waals surface area contributed by atoms with Gasteiger partial charge >= 0.3 is 6.18 Å². The minimum atomic E-state index is -4.64. The molecule has 0 heterocycles. The summed E-state index contributed by atoms with van der Waals surface area (Å²) in [4.78, 5) is 10.3. The molecule has 0 aliphatic rings. The second-order valence-electron chi connectivity index (χ2n) is 3.70. The maximum atomic E-state index is 12.7. The van der Waals surface area contributed by atoms with E-state index < -0.39 is 34.7 Å². The summed E-state index contributed by atoms with van der Waals surface area (Å²) in [7, 11) is 0. The quantitative estimate of drug-likeness (QED) is 0.638. The van der Waals surface area contributed by atoms with Crippen molar-refractivity contribution in [3.05, 3.63) is 23.3 Å². The van der Waals surface area contributed by atoms with Crippen LogP contribution in [0.15, 0.2) is 12.1 Å². The van der Waals surface area contributed by atoms with E-state index in [2.05, 4.69) is 0 Å². The van der Waals surface area contributed by atoms with Crippen LogP contribution in [0.1, 0.15) is 30.4 Å². The topological polar surface area (TPSA) is 57.5 Å². The molecule has 0 bridgehead atoms. The smallest absolute Gasteiger partial charge is 0.416 e. The highest BCUT2D eigenvalue weighted by atomic mass is 19.4. The van der Waals surface area contributed by atoms with Gasteiger partial charge in [-0.25, -0.2) is 0 Å². The minimum Gasteiger partial charge on any atom is -0.504 e. The van der Waals surface area contributed by atoms with Gasteiger partial charge in [0.1, 0.15) is 6.29 Å². The van der Waals surface area contributed by atoms with Gasteiger partial charge in [0, 0.05) is 12.0 Å². The van der Waals surface area contributed by atoms with Crippen molar-refractivity contribution in [2.24, 2.45) is 0 Å². The lowest BCUT2D eigenvalue weighted by atomic mass is 9.92. The van der Waals surface area contributed by atoms with Gasteiger partial charge in [-0.05, 0) is 18.1 Å². The second kappa shape index (κ2) is 4.65. The van der Waals surface area contributed by atoms with Gasteiger partial charge in [-0.1, -0.05) is 6.92 Å². The summed E-state index contributed by atoms with van der Waals surface area (Å²) in [6.45, 7) is 1.37. The van der Waals surface area contributed by atoms with Gasteiger partial charge in [-0.2, -0.15) is 13.2 Å².